The molecule has 0 fully saturated rings. The molecule has 0 unspecified atom stereocenters. The van der Waals surface area contributed by atoms with Crippen molar-refractivity contribution in [2.75, 3.05) is 10.6 Å². The molecule has 2 N–H and O–H groups in total. The van der Waals surface area contributed by atoms with Crippen molar-refractivity contribution >= 4 is 76.7 Å². The number of aromatic nitrogens is 4. The van der Waals surface area contributed by atoms with Gasteiger partial charge in [-0.05, 0) is 60.7 Å². The molecular weight excluding hydrogens is 580 g/mol. The van der Waals surface area contributed by atoms with E-state index >= 15 is 0 Å². The van der Waals surface area contributed by atoms with Crippen LogP contribution in [0.2, 0.25) is 0 Å². The Morgan fingerprint density at radius 1 is 0.472 bits per heavy atom. The number of nitrogens with one attached hydrogen (secondary N) is 2. The standard InChI is InChI=1S/2C14H10BrN3/c2*15-10-4-3-5-11(8-10)18-14-12-6-1-2-7-13(12)16-9-17-14/h2*1-9H,(H,16,17,18). The predicted octanol–water partition coefficient (Wildman–Crippen LogP) is 8.27. The molecule has 0 aliphatic rings. The quantitative estimate of drug-likeness (QED) is 0.212. The fraction of sp³-hybridized carbons (Fsp3) is 0. The average Bonchev–Trinajstić information content (AvgIpc) is 2.90. The number of para-hydroxylation sites is 2. The van der Waals surface area contributed by atoms with E-state index in [1.165, 1.54) is 0 Å². The first-order valence-electron chi connectivity index (χ1n) is 11.1. The molecule has 0 saturated carbocycles. The minimum atomic E-state index is 0.818. The third-order valence-corrected chi connectivity index (χ3v) is 6.25. The number of halogens is 2. The number of benzene rings is 4. The summed E-state index contributed by atoms with van der Waals surface area (Å²) in [7, 11) is 0. The van der Waals surface area contributed by atoms with Gasteiger partial charge in [0.1, 0.15) is 24.3 Å². The van der Waals surface area contributed by atoms with E-state index < -0.39 is 0 Å². The van der Waals surface area contributed by atoms with Crippen molar-refractivity contribution in [3.63, 3.8) is 0 Å². The van der Waals surface area contributed by atoms with Gasteiger partial charge in [-0.1, -0.05) is 68.3 Å². The molecule has 2 aromatic heterocycles. The number of rotatable bonds is 4. The highest BCUT2D eigenvalue weighted by molar-refractivity contribution is 9.10. The van der Waals surface area contributed by atoms with Crippen LogP contribution in [0.25, 0.3) is 21.8 Å². The highest BCUT2D eigenvalue weighted by Crippen LogP contribution is 2.25. The van der Waals surface area contributed by atoms with Crippen LogP contribution in [0.3, 0.4) is 0 Å². The molecule has 176 valence electrons. The summed E-state index contributed by atoms with van der Waals surface area (Å²) < 4.78 is 2.07. The first-order chi connectivity index (χ1) is 17.7. The number of nitrogens with zero attached hydrogens (tertiary/aromatic N) is 4. The number of hydrogen-bond acceptors (Lipinski definition) is 6. The summed E-state index contributed by atoms with van der Waals surface area (Å²) >= 11 is 6.90. The molecule has 0 saturated heterocycles. The highest BCUT2D eigenvalue weighted by atomic mass is 79.9. The maximum atomic E-state index is 4.29. The van der Waals surface area contributed by atoms with Gasteiger partial charge in [0.05, 0.1) is 11.0 Å². The minimum Gasteiger partial charge on any atom is -0.340 e. The van der Waals surface area contributed by atoms with E-state index in [1.807, 2.05) is 97.1 Å². The largest absolute Gasteiger partial charge is 0.340 e. The smallest absolute Gasteiger partial charge is 0.141 e. The SMILES string of the molecule is Brc1cccc(Nc2ncnc3ccccc23)c1.Brc1cccc(Nc2ncnc3ccccc23)c1. The van der Waals surface area contributed by atoms with E-state index in [1.54, 1.807) is 12.7 Å². The van der Waals surface area contributed by atoms with E-state index in [-0.39, 0.29) is 0 Å². The zero-order valence-corrected chi connectivity index (χ0v) is 22.1. The Bertz CT molecular complexity index is 1510. The third-order valence-electron chi connectivity index (χ3n) is 5.26. The van der Waals surface area contributed by atoms with Crippen LogP contribution >= 0.6 is 31.9 Å². The van der Waals surface area contributed by atoms with Gasteiger partial charge in [-0.3, -0.25) is 0 Å². The summed E-state index contributed by atoms with van der Waals surface area (Å²) in [6.45, 7) is 0. The summed E-state index contributed by atoms with van der Waals surface area (Å²) in [6.07, 6.45) is 3.14. The van der Waals surface area contributed by atoms with Crippen molar-refractivity contribution in [2.24, 2.45) is 0 Å². The summed E-state index contributed by atoms with van der Waals surface area (Å²) in [6, 6.07) is 31.8. The second kappa shape index (κ2) is 11.2. The Balaban J connectivity index is 0.000000148. The van der Waals surface area contributed by atoms with Gasteiger partial charge in [0.2, 0.25) is 0 Å². The Morgan fingerprint density at radius 3 is 1.36 bits per heavy atom. The van der Waals surface area contributed by atoms with Gasteiger partial charge in [0.15, 0.2) is 0 Å². The van der Waals surface area contributed by atoms with Gasteiger partial charge in [-0.2, -0.15) is 0 Å². The monoisotopic (exact) mass is 598 g/mol. The molecule has 8 heteroatoms. The lowest BCUT2D eigenvalue weighted by Gasteiger charge is -2.08. The van der Waals surface area contributed by atoms with Gasteiger partial charge in [-0.15, -0.1) is 0 Å². The summed E-state index contributed by atoms with van der Waals surface area (Å²) in [5.41, 5.74) is 3.86. The molecule has 0 spiro atoms. The maximum absolute atomic E-state index is 4.29. The van der Waals surface area contributed by atoms with Crippen LogP contribution in [0.5, 0.6) is 0 Å². The first kappa shape index (κ1) is 23.8. The van der Waals surface area contributed by atoms with Crippen molar-refractivity contribution in [2.45, 2.75) is 0 Å². The summed E-state index contributed by atoms with van der Waals surface area (Å²) in [5, 5.41) is 8.64. The minimum absolute atomic E-state index is 0.818. The molecule has 0 aliphatic heterocycles. The normalized spacial score (nSPS) is 10.5. The molecular formula is C28H20Br2N6. The zero-order chi connectivity index (χ0) is 24.7. The van der Waals surface area contributed by atoms with Gasteiger partial charge in [-0.25, -0.2) is 19.9 Å². The van der Waals surface area contributed by atoms with E-state index in [4.69, 9.17) is 0 Å². The maximum Gasteiger partial charge on any atom is 0.141 e. The molecule has 0 atom stereocenters. The Hall–Kier alpha value is -3.88. The van der Waals surface area contributed by atoms with Crippen LogP contribution in [0.15, 0.2) is 119 Å². The Morgan fingerprint density at radius 2 is 0.917 bits per heavy atom. The van der Waals surface area contributed by atoms with Crippen molar-refractivity contribution in [3.05, 3.63) is 119 Å². The van der Waals surface area contributed by atoms with E-state index in [2.05, 4.69) is 62.4 Å². The van der Waals surface area contributed by atoms with Crippen molar-refractivity contribution in [1.29, 1.82) is 0 Å². The van der Waals surface area contributed by atoms with Crippen LogP contribution in [0, 0.1) is 0 Å². The molecule has 0 aliphatic carbocycles. The molecule has 2 heterocycles. The van der Waals surface area contributed by atoms with Crippen molar-refractivity contribution in [3.8, 4) is 0 Å². The van der Waals surface area contributed by atoms with E-state index in [0.717, 1.165) is 53.8 Å². The number of hydrogen-bond donors (Lipinski definition) is 2. The topological polar surface area (TPSA) is 75.6 Å². The molecule has 6 rings (SSSR count). The van der Waals surface area contributed by atoms with Crippen LogP contribution in [-0.2, 0) is 0 Å². The number of fused-ring (bicyclic) bond motifs is 2. The van der Waals surface area contributed by atoms with E-state index in [9.17, 15) is 0 Å². The zero-order valence-electron chi connectivity index (χ0n) is 18.9. The second-order valence-corrected chi connectivity index (χ2v) is 9.58. The fourth-order valence-corrected chi connectivity index (χ4v) is 4.41. The molecule has 0 bridgehead atoms. The Labute approximate surface area is 225 Å². The molecule has 36 heavy (non-hydrogen) atoms. The lowest BCUT2D eigenvalue weighted by molar-refractivity contribution is 1.22. The van der Waals surface area contributed by atoms with Crippen LogP contribution < -0.4 is 10.6 Å². The molecule has 0 radical (unpaired) electrons. The van der Waals surface area contributed by atoms with Gasteiger partial charge >= 0.3 is 0 Å². The molecule has 6 nitrogen and oxygen atoms in total. The Kier molecular flexibility index (Phi) is 7.44. The lowest BCUT2D eigenvalue weighted by Crippen LogP contribution is -1.95. The molecule has 4 aromatic carbocycles. The fourth-order valence-electron chi connectivity index (χ4n) is 3.61. The van der Waals surface area contributed by atoms with Gasteiger partial charge in [0, 0.05) is 31.1 Å². The third kappa shape index (κ3) is 5.84. The molecule has 6 aromatic rings. The lowest BCUT2D eigenvalue weighted by atomic mass is 10.2. The second-order valence-electron chi connectivity index (χ2n) is 7.75. The first-order valence-corrected chi connectivity index (χ1v) is 12.7. The number of anilines is 4. The predicted molar refractivity (Wildman–Crippen MR) is 154 cm³/mol. The average molecular weight is 600 g/mol. The van der Waals surface area contributed by atoms with Gasteiger partial charge in [0.25, 0.3) is 0 Å². The molecule has 0 amide bonds. The summed E-state index contributed by atoms with van der Waals surface area (Å²) in [4.78, 5) is 17.1. The van der Waals surface area contributed by atoms with E-state index in [0.29, 0.717) is 0 Å². The van der Waals surface area contributed by atoms with Gasteiger partial charge < -0.3 is 10.6 Å². The van der Waals surface area contributed by atoms with Crippen LogP contribution in [0.4, 0.5) is 23.0 Å². The van der Waals surface area contributed by atoms with Crippen molar-refractivity contribution < 1.29 is 0 Å². The van der Waals surface area contributed by atoms with Crippen LogP contribution in [-0.4, -0.2) is 19.9 Å². The highest BCUT2D eigenvalue weighted by Gasteiger charge is 2.04. The van der Waals surface area contributed by atoms with Crippen molar-refractivity contribution in [1.82, 2.24) is 19.9 Å². The van der Waals surface area contributed by atoms with Crippen LogP contribution in [0.1, 0.15) is 0 Å². The summed E-state index contributed by atoms with van der Waals surface area (Å²) in [5.74, 6) is 1.64.